The molecule has 1 saturated carbocycles. The van der Waals surface area contributed by atoms with Crippen LogP contribution in [-0.4, -0.2) is 20.9 Å². The predicted molar refractivity (Wildman–Crippen MR) is 75.8 cm³/mol. The van der Waals surface area contributed by atoms with Crippen molar-refractivity contribution in [3.8, 4) is 17.3 Å². The van der Waals surface area contributed by atoms with Crippen LogP contribution in [0.1, 0.15) is 19.0 Å². The lowest BCUT2D eigenvalue weighted by atomic mass is 10.2. The molecule has 0 saturated heterocycles. The Morgan fingerprint density at radius 1 is 1.36 bits per heavy atom. The topological polar surface area (TPSA) is 91.6 Å². The number of carbonyl (C=O) groups is 1. The van der Waals surface area contributed by atoms with Crippen molar-refractivity contribution in [1.82, 2.24) is 15.0 Å². The Kier molecular flexibility index (Phi) is 3.51. The van der Waals surface area contributed by atoms with E-state index < -0.39 is 5.82 Å². The third-order valence-corrected chi connectivity index (χ3v) is 3.59. The number of pyridine rings is 1. The Hall–Kier alpha value is -2.88. The molecule has 3 rings (SSSR count). The van der Waals surface area contributed by atoms with Crippen molar-refractivity contribution in [1.29, 1.82) is 5.26 Å². The first-order valence-corrected chi connectivity index (χ1v) is 6.77. The smallest absolute Gasteiger partial charge is 0.228 e. The van der Waals surface area contributed by atoms with Crippen LogP contribution in [0.15, 0.2) is 24.7 Å². The van der Waals surface area contributed by atoms with Crippen LogP contribution in [0.25, 0.3) is 11.3 Å². The summed E-state index contributed by atoms with van der Waals surface area (Å²) < 4.78 is 13.5. The Bertz CT molecular complexity index is 768. The van der Waals surface area contributed by atoms with E-state index in [0.29, 0.717) is 23.0 Å². The van der Waals surface area contributed by atoms with E-state index in [-0.39, 0.29) is 17.5 Å². The molecule has 2 aromatic heterocycles. The number of rotatable bonds is 3. The summed E-state index contributed by atoms with van der Waals surface area (Å²) in [4.78, 5) is 23.7. The number of aromatic nitrogens is 3. The highest BCUT2D eigenvalue weighted by atomic mass is 19.1. The lowest BCUT2D eigenvalue weighted by Crippen LogP contribution is -2.15. The van der Waals surface area contributed by atoms with Gasteiger partial charge >= 0.3 is 0 Å². The second-order valence-corrected chi connectivity index (χ2v) is 5.26. The summed E-state index contributed by atoms with van der Waals surface area (Å²) in [6, 6.07) is 2.84. The maximum Gasteiger partial charge on any atom is 0.228 e. The van der Waals surface area contributed by atoms with Gasteiger partial charge in [0.2, 0.25) is 5.91 Å². The standard InChI is InChI=1S/C15H12FN5O/c1-8-2-10(8)15(22)21-14-7-19-13(6-20-14)9-3-11(16)12(4-17)18-5-9/h3,5-8,10H,2H2,1H3,(H,20,21,22). The van der Waals surface area contributed by atoms with Gasteiger partial charge in [-0.1, -0.05) is 6.92 Å². The highest BCUT2D eigenvalue weighted by Gasteiger charge is 2.39. The molecule has 1 fully saturated rings. The predicted octanol–water partition coefficient (Wildman–Crippen LogP) is 2.14. The fourth-order valence-electron chi connectivity index (χ4n) is 2.11. The molecular formula is C15H12FN5O. The van der Waals surface area contributed by atoms with Crippen molar-refractivity contribution < 1.29 is 9.18 Å². The van der Waals surface area contributed by atoms with Crippen molar-refractivity contribution in [2.75, 3.05) is 5.32 Å². The zero-order valence-electron chi connectivity index (χ0n) is 11.7. The van der Waals surface area contributed by atoms with E-state index in [9.17, 15) is 9.18 Å². The molecule has 1 N–H and O–H groups in total. The summed E-state index contributed by atoms with van der Waals surface area (Å²) in [5.41, 5.74) is 0.561. The maximum absolute atomic E-state index is 13.5. The van der Waals surface area contributed by atoms with E-state index in [1.807, 2.05) is 6.92 Å². The number of halogens is 1. The lowest BCUT2D eigenvalue weighted by Gasteiger charge is -2.05. The minimum Gasteiger partial charge on any atom is -0.309 e. The van der Waals surface area contributed by atoms with E-state index in [1.54, 1.807) is 6.07 Å². The molecule has 0 aromatic carbocycles. The zero-order valence-corrected chi connectivity index (χ0v) is 11.7. The van der Waals surface area contributed by atoms with Gasteiger partial charge in [0.1, 0.15) is 6.07 Å². The highest BCUT2D eigenvalue weighted by molar-refractivity contribution is 5.93. The fraction of sp³-hybridized carbons (Fsp3) is 0.267. The van der Waals surface area contributed by atoms with E-state index in [4.69, 9.17) is 5.26 Å². The maximum atomic E-state index is 13.5. The van der Waals surface area contributed by atoms with Gasteiger partial charge < -0.3 is 5.32 Å². The molecule has 0 radical (unpaired) electrons. The minimum absolute atomic E-state index is 0.0540. The van der Waals surface area contributed by atoms with Gasteiger partial charge in [-0.15, -0.1) is 0 Å². The average molecular weight is 297 g/mol. The van der Waals surface area contributed by atoms with Crippen molar-refractivity contribution in [3.63, 3.8) is 0 Å². The van der Waals surface area contributed by atoms with Crippen LogP contribution in [0, 0.1) is 29.0 Å². The number of hydrogen-bond acceptors (Lipinski definition) is 5. The Labute approximate surface area is 126 Å². The van der Waals surface area contributed by atoms with Gasteiger partial charge in [-0.2, -0.15) is 5.26 Å². The molecule has 22 heavy (non-hydrogen) atoms. The third-order valence-electron chi connectivity index (χ3n) is 3.59. The Morgan fingerprint density at radius 2 is 2.14 bits per heavy atom. The molecule has 0 aliphatic heterocycles. The van der Waals surface area contributed by atoms with Gasteiger partial charge in [-0.25, -0.2) is 14.4 Å². The van der Waals surface area contributed by atoms with E-state index in [2.05, 4.69) is 20.3 Å². The van der Waals surface area contributed by atoms with Crippen LogP contribution < -0.4 is 5.32 Å². The lowest BCUT2D eigenvalue weighted by molar-refractivity contribution is -0.117. The van der Waals surface area contributed by atoms with Crippen molar-refractivity contribution in [2.24, 2.45) is 11.8 Å². The van der Waals surface area contributed by atoms with Crippen LogP contribution in [0.2, 0.25) is 0 Å². The second-order valence-electron chi connectivity index (χ2n) is 5.26. The molecule has 1 aliphatic carbocycles. The van der Waals surface area contributed by atoms with Crippen molar-refractivity contribution in [3.05, 3.63) is 36.2 Å². The number of hydrogen-bond donors (Lipinski definition) is 1. The second kappa shape index (κ2) is 5.48. The molecule has 2 atom stereocenters. The molecule has 1 aliphatic rings. The first-order valence-electron chi connectivity index (χ1n) is 6.77. The molecule has 2 heterocycles. The third kappa shape index (κ3) is 2.76. The summed E-state index contributed by atoms with van der Waals surface area (Å²) in [6.07, 6.45) is 5.09. The van der Waals surface area contributed by atoms with Crippen LogP contribution in [0.3, 0.4) is 0 Å². The number of carbonyl (C=O) groups excluding carboxylic acids is 1. The van der Waals surface area contributed by atoms with Crippen LogP contribution in [-0.2, 0) is 4.79 Å². The van der Waals surface area contributed by atoms with Crippen LogP contribution in [0.5, 0.6) is 0 Å². The zero-order chi connectivity index (χ0) is 15.7. The molecule has 2 unspecified atom stereocenters. The Morgan fingerprint density at radius 3 is 2.68 bits per heavy atom. The first-order chi connectivity index (χ1) is 10.6. The normalized spacial score (nSPS) is 19.3. The number of amides is 1. The number of nitriles is 1. The summed E-state index contributed by atoms with van der Waals surface area (Å²) >= 11 is 0. The van der Waals surface area contributed by atoms with E-state index >= 15 is 0 Å². The summed E-state index contributed by atoms with van der Waals surface area (Å²) in [7, 11) is 0. The van der Waals surface area contributed by atoms with Gasteiger partial charge in [0.25, 0.3) is 0 Å². The summed E-state index contributed by atoms with van der Waals surface area (Å²) in [6.45, 7) is 2.02. The molecule has 2 aromatic rings. The SMILES string of the molecule is CC1CC1C(=O)Nc1cnc(-c2cnc(C#N)c(F)c2)cn1. The first kappa shape index (κ1) is 14.1. The van der Waals surface area contributed by atoms with E-state index in [0.717, 1.165) is 6.42 Å². The quantitative estimate of drug-likeness (QED) is 0.937. The van der Waals surface area contributed by atoms with Gasteiger partial charge in [0.05, 0.1) is 18.1 Å². The molecular weight excluding hydrogens is 285 g/mol. The van der Waals surface area contributed by atoms with Gasteiger partial charge in [0, 0.05) is 17.7 Å². The van der Waals surface area contributed by atoms with E-state index in [1.165, 1.54) is 24.7 Å². The molecule has 0 spiro atoms. The molecule has 7 heteroatoms. The minimum atomic E-state index is -0.707. The van der Waals surface area contributed by atoms with Gasteiger partial charge in [0.15, 0.2) is 17.3 Å². The molecule has 0 bridgehead atoms. The highest BCUT2D eigenvalue weighted by Crippen LogP contribution is 2.38. The van der Waals surface area contributed by atoms with Crippen molar-refractivity contribution in [2.45, 2.75) is 13.3 Å². The fourth-order valence-corrected chi connectivity index (χ4v) is 2.11. The number of anilines is 1. The molecule has 6 nitrogen and oxygen atoms in total. The largest absolute Gasteiger partial charge is 0.309 e. The van der Waals surface area contributed by atoms with Gasteiger partial charge in [-0.05, 0) is 18.4 Å². The summed E-state index contributed by atoms with van der Waals surface area (Å²) in [5.74, 6) is 0.0655. The Balaban J connectivity index is 1.75. The van der Waals surface area contributed by atoms with Crippen LogP contribution >= 0.6 is 0 Å². The van der Waals surface area contributed by atoms with Crippen LogP contribution in [0.4, 0.5) is 10.2 Å². The molecule has 110 valence electrons. The molecule has 1 amide bonds. The monoisotopic (exact) mass is 297 g/mol. The summed E-state index contributed by atoms with van der Waals surface area (Å²) in [5, 5.41) is 11.3. The number of nitrogens with one attached hydrogen (secondary N) is 1. The van der Waals surface area contributed by atoms with Crippen molar-refractivity contribution >= 4 is 11.7 Å². The van der Waals surface area contributed by atoms with Gasteiger partial charge in [-0.3, -0.25) is 9.78 Å². The number of nitrogens with zero attached hydrogens (tertiary/aromatic N) is 4. The average Bonchev–Trinajstić information content (AvgIpc) is 3.25.